The van der Waals surface area contributed by atoms with Gasteiger partial charge in [-0.1, -0.05) is 42.5 Å². The van der Waals surface area contributed by atoms with Gasteiger partial charge in [0.25, 0.3) is 15.7 Å². The first kappa shape index (κ1) is 35.1. The fourth-order valence-corrected chi connectivity index (χ4v) is 7.99. The van der Waals surface area contributed by atoms with Gasteiger partial charge in [-0.05, 0) is 86.3 Å². The van der Waals surface area contributed by atoms with Crippen LogP contribution >= 0.6 is 0 Å². The summed E-state index contributed by atoms with van der Waals surface area (Å²) in [6.07, 6.45) is 6.23. The standard InChI is InChI=1S/C37H35F4N3O5S/c1-49-32-20-31(38)29(25-15-16-26(42-21-25)10-5-9-22-7-3-2-4-8-22)19-30(32)35(45)44-34-24-14-13-23(17-24)33(34)36(46)43-27-11-6-12-28(18-27)50(47,48)37(39,40)41/h2-4,6-8,11-12,15-16,18-21,23-24,33-34H,5,9-10,13-14,17H2,1H3,(H,43,46)(H,44,45)/t23-,24+,33+,34-/m1/s1. The number of carbonyl (C=O) groups excluding carboxylic acids is 2. The van der Waals surface area contributed by atoms with Crippen LogP contribution < -0.4 is 15.4 Å². The van der Waals surface area contributed by atoms with E-state index in [2.05, 4.69) is 27.8 Å². The Bertz CT molecular complexity index is 1990. The molecule has 50 heavy (non-hydrogen) atoms. The number of methoxy groups -OCH3 is 1. The van der Waals surface area contributed by atoms with Crippen molar-refractivity contribution >= 4 is 27.3 Å². The number of hydrogen-bond donors (Lipinski definition) is 2. The zero-order valence-electron chi connectivity index (χ0n) is 27.0. The van der Waals surface area contributed by atoms with Gasteiger partial charge in [0.1, 0.15) is 11.6 Å². The number of rotatable bonds is 11. The number of sulfone groups is 1. The maximum absolute atomic E-state index is 15.3. The SMILES string of the molecule is COc1cc(F)c(-c2ccc(CCCc3ccccc3)nc2)cc1C(=O)N[C@@H]1[C@H]2CC[C@H](C2)[C@@H]1C(=O)Nc1cccc(S(=O)(=O)C(F)(F)F)c1. The van der Waals surface area contributed by atoms with Crippen LogP contribution in [-0.2, 0) is 27.5 Å². The first-order valence-electron chi connectivity index (χ1n) is 16.3. The predicted molar refractivity (Wildman–Crippen MR) is 179 cm³/mol. The number of halogens is 4. The van der Waals surface area contributed by atoms with E-state index in [0.717, 1.165) is 62.1 Å². The Morgan fingerprint density at radius 3 is 2.40 bits per heavy atom. The number of aromatic nitrogens is 1. The third-order valence-corrected chi connectivity index (χ3v) is 11.1. The molecule has 0 saturated heterocycles. The highest BCUT2D eigenvalue weighted by molar-refractivity contribution is 7.92. The van der Waals surface area contributed by atoms with E-state index in [9.17, 15) is 31.2 Å². The Morgan fingerprint density at radius 2 is 1.70 bits per heavy atom. The summed E-state index contributed by atoms with van der Waals surface area (Å²) in [6, 6.07) is 19.6. The lowest BCUT2D eigenvalue weighted by molar-refractivity contribution is -0.122. The zero-order chi connectivity index (χ0) is 35.6. The van der Waals surface area contributed by atoms with E-state index in [4.69, 9.17) is 4.74 Å². The van der Waals surface area contributed by atoms with Crippen LogP contribution in [0.3, 0.4) is 0 Å². The van der Waals surface area contributed by atoms with Crippen molar-refractivity contribution < 1.29 is 40.3 Å². The Hall–Kier alpha value is -4.78. The summed E-state index contributed by atoms with van der Waals surface area (Å²) in [5, 5.41) is 5.51. The van der Waals surface area contributed by atoms with Crippen LogP contribution in [0.5, 0.6) is 5.75 Å². The molecule has 0 radical (unpaired) electrons. The summed E-state index contributed by atoms with van der Waals surface area (Å²) in [7, 11) is -4.30. The van der Waals surface area contributed by atoms with E-state index in [-0.39, 0.29) is 34.4 Å². The molecular weight excluding hydrogens is 674 g/mol. The van der Waals surface area contributed by atoms with Crippen molar-refractivity contribution in [3.63, 3.8) is 0 Å². The summed E-state index contributed by atoms with van der Waals surface area (Å²) in [5.41, 5.74) is -2.85. The lowest BCUT2D eigenvalue weighted by Gasteiger charge is -2.31. The third-order valence-electron chi connectivity index (χ3n) is 9.64. The van der Waals surface area contributed by atoms with Gasteiger partial charge in [0.2, 0.25) is 5.91 Å². The quantitative estimate of drug-likeness (QED) is 0.160. The van der Waals surface area contributed by atoms with Gasteiger partial charge in [-0.15, -0.1) is 0 Å². The van der Waals surface area contributed by atoms with Crippen molar-refractivity contribution in [2.45, 2.75) is 55.0 Å². The van der Waals surface area contributed by atoms with Crippen LogP contribution in [0.15, 0.2) is 90.0 Å². The smallest absolute Gasteiger partial charge is 0.496 e. The molecule has 2 amide bonds. The molecule has 1 aromatic heterocycles. The third kappa shape index (κ3) is 7.23. The first-order valence-corrected chi connectivity index (χ1v) is 17.7. The highest BCUT2D eigenvalue weighted by Crippen LogP contribution is 2.49. The molecule has 13 heteroatoms. The van der Waals surface area contributed by atoms with Crippen LogP contribution in [0.25, 0.3) is 11.1 Å². The van der Waals surface area contributed by atoms with Gasteiger partial charge in [0, 0.05) is 40.8 Å². The van der Waals surface area contributed by atoms with Gasteiger partial charge in [-0.25, -0.2) is 12.8 Å². The molecule has 0 aliphatic heterocycles. The van der Waals surface area contributed by atoms with Gasteiger partial charge < -0.3 is 15.4 Å². The molecule has 2 fully saturated rings. The number of amides is 2. The molecule has 4 atom stereocenters. The van der Waals surface area contributed by atoms with E-state index in [1.165, 1.54) is 24.8 Å². The molecule has 2 bridgehead atoms. The normalized spacial score (nSPS) is 20.0. The number of carbonyl (C=O) groups is 2. The number of nitrogens with zero attached hydrogens (tertiary/aromatic N) is 1. The van der Waals surface area contributed by atoms with Gasteiger partial charge >= 0.3 is 5.51 Å². The number of nitrogens with one attached hydrogen (secondary N) is 2. The zero-order valence-corrected chi connectivity index (χ0v) is 27.9. The minimum absolute atomic E-state index is 0.00101. The number of alkyl halides is 3. The number of anilines is 1. The maximum atomic E-state index is 15.3. The van der Waals surface area contributed by atoms with Crippen molar-refractivity contribution in [3.05, 3.63) is 108 Å². The fraction of sp³-hybridized carbons (Fsp3) is 0.324. The highest BCUT2D eigenvalue weighted by Gasteiger charge is 2.52. The summed E-state index contributed by atoms with van der Waals surface area (Å²) in [6.45, 7) is 0. The number of fused-ring (bicyclic) bond motifs is 2. The van der Waals surface area contributed by atoms with Crippen molar-refractivity contribution in [2.24, 2.45) is 17.8 Å². The second kappa shape index (κ2) is 14.2. The predicted octanol–water partition coefficient (Wildman–Crippen LogP) is 7.15. The summed E-state index contributed by atoms with van der Waals surface area (Å²) in [4.78, 5) is 30.9. The molecule has 2 N–H and O–H groups in total. The first-order chi connectivity index (χ1) is 23.9. The fourth-order valence-electron chi connectivity index (χ4n) is 7.18. The molecule has 0 spiro atoms. The molecule has 6 rings (SSSR count). The minimum Gasteiger partial charge on any atom is -0.496 e. The Morgan fingerprint density at radius 1 is 0.940 bits per heavy atom. The highest BCUT2D eigenvalue weighted by atomic mass is 32.2. The molecule has 2 aliphatic rings. The lowest BCUT2D eigenvalue weighted by Crippen LogP contribution is -2.48. The van der Waals surface area contributed by atoms with Crippen molar-refractivity contribution in [3.8, 4) is 16.9 Å². The molecular formula is C37H35F4N3O5S. The average Bonchev–Trinajstić information content (AvgIpc) is 3.71. The molecule has 1 heterocycles. The molecule has 8 nitrogen and oxygen atoms in total. The number of aryl methyl sites for hydroxylation is 2. The summed E-state index contributed by atoms with van der Waals surface area (Å²) < 4.78 is 83.9. The second-order valence-corrected chi connectivity index (χ2v) is 14.7. The molecule has 3 aromatic carbocycles. The van der Waals surface area contributed by atoms with E-state index in [1.807, 2.05) is 24.3 Å². The lowest BCUT2D eigenvalue weighted by atomic mass is 9.83. The monoisotopic (exact) mass is 709 g/mol. The van der Waals surface area contributed by atoms with Crippen LogP contribution in [0.2, 0.25) is 0 Å². The van der Waals surface area contributed by atoms with Crippen LogP contribution in [0, 0.1) is 23.6 Å². The van der Waals surface area contributed by atoms with Crippen LogP contribution in [-0.4, -0.2) is 43.9 Å². The molecule has 2 saturated carbocycles. The van der Waals surface area contributed by atoms with Crippen LogP contribution in [0.4, 0.5) is 23.2 Å². The van der Waals surface area contributed by atoms with E-state index in [0.29, 0.717) is 12.0 Å². The van der Waals surface area contributed by atoms with Crippen molar-refractivity contribution in [2.75, 3.05) is 12.4 Å². The minimum atomic E-state index is -5.62. The van der Waals surface area contributed by atoms with Gasteiger partial charge in [0.15, 0.2) is 0 Å². The molecule has 4 aromatic rings. The van der Waals surface area contributed by atoms with Gasteiger partial charge in [-0.2, -0.15) is 13.2 Å². The summed E-state index contributed by atoms with van der Waals surface area (Å²) >= 11 is 0. The Labute approximate surface area is 287 Å². The maximum Gasteiger partial charge on any atom is 0.501 e. The van der Waals surface area contributed by atoms with E-state index < -0.39 is 49.8 Å². The molecule has 0 unspecified atom stereocenters. The number of benzene rings is 3. The van der Waals surface area contributed by atoms with Gasteiger partial charge in [0.05, 0.1) is 23.5 Å². The van der Waals surface area contributed by atoms with E-state index in [1.54, 1.807) is 12.3 Å². The Balaban J connectivity index is 1.17. The van der Waals surface area contributed by atoms with Crippen molar-refractivity contribution in [1.82, 2.24) is 10.3 Å². The second-order valence-electron chi connectivity index (χ2n) is 12.7. The largest absolute Gasteiger partial charge is 0.501 e. The topological polar surface area (TPSA) is 114 Å². The number of ether oxygens (including phenoxy) is 1. The molecule has 2 aliphatic carbocycles. The molecule has 262 valence electrons. The number of hydrogen-bond acceptors (Lipinski definition) is 6. The summed E-state index contributed by atoms with van der Waals surface area (Å²) in [5.74, 6) is -2.61. The van der Waals surface area contributed by atoms with Crippen molar-refractivity contribution in [1.29, 1.82) is 0 Å². The number of pyridine rings is 1. The van der Waals surface area contributed by atoms with E-state index >= 15 is 4.39 Å². The van der Waals surface area contributed by atoms with Crippen LogP contribution in [0.1, 0.15) is 47.3 Å². The van der Waals surface area contributed by atoms with Gasteiger partial charge in [-0.3, -0.25) is 14.6 Å². The Kier molecular flexibility index (Phi) is 9.97. The average molecular weight is 710 g/mol.